The number of halogens is 3. The SMILES string of the molecule is COCCS(=O)(=O)c1ccc(C(=O)Nc2ccc(OCC(F)(F)F)c(C#N)c2)cc1. The van der Waals surface area contributed by atoms with Gasteiger partial charge in [-0.15, -0.1) is 0 Å². The maximum atomic E-state index is 12.3. The van der Waals surface area contributed by atoms with Gasteiger partial charge in [-0.3, -0.25) is 4.79 Å². The number of nitriles is 1. The van der Waals surface area contributed by atoms with Crippen molar-refractivity contribution in [2.75, 3.05) is 31.4 Å². The Morgan fingerprint density at radius 1 is 1.17 bits per heavy atom. The number of nitrogens with zero attached hydrogens (tertiary/aromatic N) is 1. The summed E-state index contributed by atoms with van der Waals surface area (Å²) in [5.41, 5.74) is 0.126. The minimum Gasteiger partial charge on any atom is -0.483 e. The van der Waals surface area contributed by atoms with Gasteiger partial charge in [-0.25, -0.2) is 8.42 Å². The van der Waals surface area contributed by atoms with Gasteiger partial charge in [0.05, 0.1) is 22.8 Å². The lowest BCUT2D eigenvalue weighted by Gasteiger charge is -2.12. The van der Waals surface area contributed by atoms with E-state index in [0.29, 0.717) is 0 Å². The molecule has 0 fully saturated rings. The van der Waals surface area contributed by atoms with E-state index in [1.807, 2.05) is 0 Å². The second kappa shape index (κ2) is 9.60. The maximum Gasteiger partial charge on any atom is 0.422 e. The van der Waals surface area contributed by atoms with Gasteiger partial charge in [0.1, 0.15) is 11.8 Å². The summed E-state index contributed by atoms with van der Waals surface area (Å²) in [5, 5.41) is 11.6. The van der Waals surface area contributed by atoms with Crippen LogP contribution in [0.5, 0.6) is 5.75 Å². The van der Waals surface area contributed by atoms with Crippen molar-refractivity contribution in [1.82, 2.24) is 0 Å². The van der Waals surface area contributed by atoms with Gasteiger partial charge in [-0.05, 0) is 42.5 Å². The van der Waals surface area contributed by atoms with Crippen LogP contribution in [0.4, 0.5) is 18.9 Å². The molecule has 2 aromatic rings. The smallest absolute Gasteiger partial charge is 0.422 e. The van der Waals surface area contributed by atoms with Gasteiger partial charge in [-0.1, -0.05) is 0 Å². The number of nitrogens with one attached hydrogen (secondary N) is 1. The highest BCUT2D eigenvalue weighted by atomic mass is 32.2. The summed E-state index contributed by atoms with van der Waals surface area (Å²) in [7, 11) is -2.16. The molecule has 160 valence electrons. The number of ether oxygens (including phenoxy) is 2. The van der Waals surface area contributed by atoms with E-state index in [2.05, 4.69) is 10.1 Å². The molecule has 11 heteroatoms. The van der Waals surface area contributed by atoms with E-state index in [4.69, 9.17) is 10.00 Å². The first-order valence-electron chi connectivity index (χ1n) is 8.42. The monoisotopic (exact) mass is 442 g/mol. The fourth-order valence-corrected chi connectivity index (χ4v) is 3.48. The van der Waals surface area contributed by atoms with Crippen molar-refractivity contribution in [1.29, 1.82) is 5.26 Å². The number of benzene rings is 2. The molecule has 1 amide bonds. The van der Waals surface area contributed by atoms with Gasteiger partial charge < -0.3 is 14.8 Å². The Kier molecular flexibility index (Phi) is 7.42. The number of alkyl halides is 3. The molecule has 30 heavy (non-hydrogen) atoms. The molecular formula is C19H17F3N2O5S. The summed E-state index contributed by atoms with van der Waals surface area (Å²) in [6.07, 6.45) is -4.55. The van der Waals surface area contributed by atoms with Crippen LogP contribution in [0.1, 0.15) is 15.9 Å². The first kappa shape index (κ1) is 23.2. The van der Waals surface area contributed by atoms with Crippen LogP contribution >= 0.6 is 0 Å². The minimum atomic E-state index is -4.55. The number of carbonyl (C=O) groups is 1. The number of hydrogen-bond acceptors (Lipinski definition) is 6. The van der Waals surface area contributed by atoms with E-state index in [1.165, 1.54) is 43.5 Å². The molecule has 0 atom stereocenters. The molecule has 0 radical (unpaired) electrons. The number of methoxy groups -OCH3 is 1. The zero-order valence-corrected chi connectivity index (χ0v) is 16.5. The van der Waals surface area contributed by atoms with Gasteiger partial charge in [0.2, 0.25) is 0 Å². The van der Waals surface area contributed by atoms with Gasteiger partial charge in [0.25, 0.3) is 5.91 Å². The standard InChI is InChI=1S/C19H17F3N2O5S/c1-28-8-9-30(26,27)16-5-2-13(3-6-16)18(25)24-15-4-7-17(14(10-15)11-23)29-12-19(20,21)22/h2-7,10H,8-9,12H2,1H3,(H,24,25). The third kappa shape index (κ3) is 6.47. The summed E-state index contributed by atoms with van der Waals surface area (Å²) < 4.78 is 70.3. The first-order chi connectivity index (χ1) is 14.1. The van der Waals surface area contributed by atoms with Gasteiger partial charge in [0.15, 0.2) is 16.4 Å². The second-order valence-electron chi connectivity index (χ2n) is 6.02. The van der Waals surface area contributed by atoms with Crippen molar-refractivity contribution in [3.05, 3.63) is 53.6 Å². The topological polar surface area (TPSA) is 105 Å². The summed E-state index contributed by atoms with van der Waals surface area (Å²) in [4.78, 5) is 12.4. The predicted octanol–water partition coefficient (Wildman–Crippen LogP) is 3.17. The molecule has 0 aliphatic rings. The molecule has 0 aliphatic heterocycles. The Bertz CT molecular complexity index is 1050. The van der Waals surface area contributed by atoms with Crippen LogP contribution in [0.2, 0.25) is 0 Å². The fourth-order valence-electron chi connectivity index (χ4n) is 2.31. The molecule has 0 saturated carbocycles. The number of rotatable bonds is 8. The Balaban J connectivity index is 2.11. The molecule has 1 N–H and O–H groups in total. The highest BCUT2D eigenvalue weighted by molar-refractivity contribution is 7.91. The van der Waals surface area contributed by atoms with Crippen molar-refractivity contribution in [2.45, 2.75) is 11.1 Å². The van der Waals surface area contributed by atoms with Crippen LogP contribution in [-0.4, -0.2) is 46.6 Å². The fraction of sp³-hybridized carbons (Fsp3) is 0.263. The lowest BCUT2D eigenvalue weighted by molar-refractivity contribution is -0.153. The number of anilines is 1. The zero-order chi connectivity index (χ0) is 22.4. The molecule has 0 spiro atoms. The third-order valence-corrected chi connectivity index (χ3v) is 5.48. The normalized spacial score (nSPS) is 11.6. The first-order valence-corrected chi connectivity index (χ1v) is 10.1. The van der Waals surface area contributed by atoms with Crippen LogP contribution in [-0.2, 0) is 14.6 Å². The van der Waals surface area contributed by atoms with E-state index in [9.17, 15) is 26.4 Å². The van der Waals surface area contributed by atoms with Crippen LogP contribution in [0, 0.1) is 11.3 Å². The molecule has 2 aromatic carbocycles. The number of amides is 1. The minimum absolute atomic E-state index is 0.0361. The predicted molar refractivity (Wildman–Crippen MR) is 101 cm³/mol. The lowest BCUT2D eigenvalue weighted by Crippen LogP contribution is -2.19. The summed E-state index contributed by atoms with van der Waals surface area (Å²) in [5.74, 6) is -1.06. The molecule has 0 heterocycles. The van der Waals surface area contributed by atoms with Crippen molar-refractivity contribution in [3.8, 4) is 11.8 Å². The Hall–Kier alpha value is -3.10. The third-order valence-electron chi connectivity index (χ3n) is 3.78. The van der Waals surface area contributed by atoms with E-state index in [1.54, 1.807) is 6.07 Å². The Morgan fingerprint density at radius 3 is 2.40 bits per heavy atom. The molecule has 0 saturated heterocycles. The number of hydrogen-bond donors (Lipinski definition) is 1. The van der Waals surface area contributed by atoms with E-state index in [0.717, 1.165) is 6.07 Å². The van der Waals surface area contributed by atoms with Crippen LogP contribution in [0.15, 0.2) is 47.4 Å². The molecule has 7 nitrogen and oxygen atoms in total. The molecular weight excluding hydrogens is 425 g/mol. The zero-order valence-electron chi connectivity index (χ0n) is 15.7. The average Bonchev–Trinajstić information content (AvgIpc) is 2.70. The van der Waals surface area contributed by atoms with Crippen molar-refractivity contribution in [3.63, 3.8) is 0 Å². The van der Waals surface area contributed by atoms with Crippen molar-refractivity contribution < 1.29 is 35.9 Å². The highest BCUT2D eigenvalue weighted by Gasteiger charge is 2.29. The lowest BCUT2D eigenvalue weighted by atomic mass is 10.1. The summed E-state index contributed by atoms with van der Waals surface area (Å²) in [6.45, 7) is -1.51. The quantitative estimate of drug-likeness (QED) is 0.673. The molecule has 0 aromatic heterocycles. The molecule has 0 aliphatic carbocycles. The Morgan fingerprint density at radius 2 is 1.83 bits per heavy atom. The molecule has 0 bridgehead atoms. The van der Waals surface area contributed by atoms with Crippen LogP contribution in [0.3, 0.4) is 0 Å². The maximum absolute atomic E-state index is 12.3. The van der Waals surface area contributed by atoms with Crippen LogP contribution < -0.4 is 10.1 Å². The number of carbonyl (C=O) groups excluding carboxylic acids is 1. The Labute approximate surface area is 170 Å². The summed E-state index contributed by atoms with van der Waals surface area (Å²) >= 11 is 0. The highest BCUT2D eigenvalue weighted by Crippen LogP contribution is 2.25. The molecule has 2 rings (SSSR count). The number of sulfone groups is 1. The molecule has 0 unspecified atom stereocenters. The van der Waals surface area contributed by atoms with E-state index < -0.39 is 28.5 Å². The second-order valence-corrected chi connectivity index (χ2v) is 8.13. The van der Waals surface area contributed by atoms with Gasteiger partial charge in [0, 0.05) is 18.4 Å². The average molecular weight is 442 g/mol. The van der Waals surface area contributed by atoms with Crippen molar-refractivity contribution >= 4 is 21.4 Å². The van der Waals surface area contributed by atoms with Crippen molar-refractivity contribution in [2.24, 2.45) is 0 Å². The van der Waals surface area contributed by atoms with Gasteiger partial charge >= 0.3 is 6.18 Å². The van der Waals surface area contributed by atoms with E-state index >= 15 is 0 Å². The van der Waals surface area contributed by atoms with Gasteiger partial charge in [-0.2, -0.15) is 18.4 Å². The largest absolute Gasteiger partial charge is 0.483 e. The van der Waals surface area contributed by atoms with Crippen LogP contribution in [0.25, 0.3) is 0 Å². The van der Waals surface area contributed by atoms with E-state index in [-0.39, 0.29) is 39.8 Å². The summed E-state index contributed by atoms with van der Waals surface area (Å²) in [6, 6.07) is 10.5.